The summed E-state index contributed by atoms with van der Waals surface area (Å²) in [5.41, 5.74) is 1.89. The van der Waals surface area contributed by atoms with Crippen LogP contribution in [-0.4, -0.2) is 58.2 Å². The van der Waals surface area contributed by atoms with Gasteiger partial charge in [0.15, 0.2) is 6.61 Å². The van der Waals surface area contributed by atoms with E-state index < -0.39 is 0 Å². The molecular weight excluding hydrogens is 438 g/mol. The zero-order valence-electron chi connectivity index (χ0n) is 18.2. The van der Waals surface area contributed by atoms with E-state index in [1.807, 2.05) is 66.4 Å². The van der Waals surface area contributed by atoms with Crippen molar-refractivity contribution >= 4 is 28.0 Å². The summed E-state index contributed by atoms with van der Waals surface area (Å²) in [7, 11) is 0. The maximum atomic E-state index is 12.7. The van der Waals surface area contributed by atoms with Crippen molar-refractivity contribution in [1.29, 1.82) is 0 Å². The molecule has 33 heavy (non-hydrogen) atoms. The molecule has 1 saturated heterocycles. The van der Waals surface area contributed by atoms with E-state index in [2.05, 4.69) is 10.1 Å². The molecule has 0 atom stereocenters. The van der Waals surface area contributed by atoms with Gasteiger partial charge < -0.3 is 14.5 Å². The molecule has 0 aliphatic carbocycles. The molecule has 0 radical (unpaired) electrons. The first kappa shape index (κ1) is 21.1. The molecule has 5 rings (SSSR count). The van der Waals surface area contributed by atoms with Crippen molar-refractivity contribution in [3.8, 4) is 16.3 Å². The summed E-state index contributed by atoms with van der Waals surface area (Å²) in [4.78, 5) is 34.3. The van der Waals surface area contributed by atoms with Crippen LogP contribution in [0.5, 0.6) is 5.75 Å². The number of fused-ring (bicyclic) bond motifs is 1. The molecule has 1 fully saturated rings. The van der Waals surface area contributed by atoms with Crippen LogP contribution in [0.1, 0.15) is 5.56 Å². The smallest absolute Gasteiger partial charge is 0.277 e. The summed E-state index contributed by atoms with van der Waals surface area (Å²) in [6, 6.07) is 18.9. The second-order valence-electron chi connectivity index (χ2n) is 7.89. The van der Waals surface area contributed by atoms with Crippen molar-refractivity contribution in [1.82, 2.24) is 19.5 Å². The first-order chi connectivity index (χ1) is 16.1. The number of aromatic nitrogens is 3. The highest BCUT2D eigenvalue weighted by Crippen LogP contribution is 2.25. The third kappa shape index (κ3) is 4.58. The molecule has 4 aromatic rings. The van der Waals surface area contributed by atoms with Crippen molar-refractivity contribution in [2.24, 2.45) is 0 Å². The van der Waals surface area contributed by atoms with Crippen LogP contribution >= 0.6 is 11.3 Å². The Hall–Kier alpha value is -3.72. The summed E-state index contributed by atoms with van der Waals surface area (Å²) >= 11 is 1.39. The number of carbonyl (C=O) groups is 1. The van der Waals surface area contributed by atoms with E-state index in [0.29, 0.717) is 42.7 Å². The van der Waals surface area contributed by atoms with Crippen molar-refractivity contribution in [2.75, 3.05) is 37.7 Å². The van der Waals surface area contributed by atoms with Crippen LogP contribution in [0.4, 0.5) is 5.82 Å². The highest BCUT2D eigenvalue weighted by atomic mass is 32.1. The normalized spacial score (nSPS) is 14.0. The number of piperazine rings is 1. The predicted octanol–water partition coefficient (Wildman–Crippen LogP) is 2.85. The summed E-state index contributed by atoms with van der Waals surface area (Å²) in [5.74, 6) is 1.25. The largest absolute Gasteiger partial charge is 0.484 e. The number of hydrogen-bond acceptors (Lipinski definition) is 7. The molecule has 9 heteroatoms. The topological polar surface area (TPSA) is 80.0 Å². The minimum atomic E-state index is -0.210. The van der Waals surface area contributed by atoms with Gasteiger partial charge in [-0.1, -0.05) is 59.4 Å². The van der Waals surface area contributed by atoms with E-state index in [1.54, 1.807) is 4.90 Å². The van der Waals surface area contributed by atoms with Crippen molar-refractivity contribution in [2.45, 2.75) is 6.92 Å². The monoisotopic (exact) mass is 461 g/mol. The lowest BCUT2D eigenvalue weighted by atomic mass is 10.2. The lowest BCUT2D eigenvalue weighted by molar-refractivity contribution is -0.133. The van der Waals surface area contributed by atoms with Gasteiger partial charge in [-0.25, -0.2) is 4.98 Å². The zero-order chi connectivity index (χ0) is 22.8. The zero-order valence-corrected chi connectivity index (χ0v) is 19.0. The van der Waals surface area contributed by atoms with Gasteiger partial charge in [0, 0.05) is 37.8 Å². The van der Waals surface area contributed by atoms with Crippen LogP contribution in [0, 0.1) is 6.92 Å². The van der Waals surface area contributed by atoms with E-state index in [1.165, 1.54) is 21.9 Å². The lowest BCUT2D eigenvalue weighted by Crippen LogP contribution is -2.50. The number of carbonyl (C=O) groups excluding carboxylic acids is 1. The quantitative estimate of drug-likeness (QED) is 0.455. The Morgan fingerprint density at radius 3 is 2.48 bits per heavy atom. The Labute approximate surface area is 194 Å². The lowest BCUT2D eigenvalue weighted by Gasteiger charge is -2.35. The van der Waals surface area contributed by atoms with Gasteiger partial charge in [-0.2, -0.15) is 9.61 Å². The van der Waals surface area contributed by atoms with Crippen LogP contribution in [0.15, 0.2) is 65.5 Å². The Morgan fingerprint density at radius 2 is 1.76 bits per heavy atom. The van der Waals surface area contributed by atoms with Crippen LogP contribution < -0.4 is 15.2 Å². The third-order valence-corrected chi connectivity index (χ3v) is 6.55. The van der Waals surface area contributed by atoms with Gasteiger partial charge in [0.25, 0.3) is 11.5 Å². The van der Waals surface area contributed by atoms with E-state index >= 15 is 0 Å². The predicted molar refractivity (Wildman–Crippen MR) is 128 cm³/mol. The molecule has 2 aromatic carbocycles. The summed E-state index contributed by atoms with van der Waals surface area (Å²) in [6.07, 6.45) is 0. The summed E-state index contributed by atoms with van der Waals surface area (Å²) in [5, 5.41) is 5.18. The fourth-order valence-electron chi connectivity index (χ4n) is 3.71. The molecule has 0 spiro atoms. The van der Waals surface area contributed by atoms with Gasteiger partial charge in [-0.15, -0.1) is 0 Å². The highest BCUT2D eigenvalue weighted by Gasteiger charge is 2.23. The molecule has 2 aromatic heterocycles. The van der Waals surface area contributed by atoms with Gasteiger partial charge in [0.05, 0.1) is 0 Å². The van der Waals surface area contributed by atoms with Gasteiger partial charge in [0.2, 0.25) is 4.96 Å². The average molecular weight is 462 g/mol. The Morgan fingerprint density at radius 1 is 1.03 bits per heavy atom. The maximum absolute atomic E-state index is 12.7. The number of rotatable bonds is 5. The number of amides is 1. The first-order valence-electron chi connectivity index (χ1n) is 10.8. The molecule has 1 amide bonds. The minimum Gasteiger partial charge on any atom is -0.484 e. The van der Waals surface area contributed by atoms with Crippen LogP contribution in [-0.2, 0) is 4.79 Å². The first-order valence-corrected chi connectivity index (χ1v) is 11.6. The standard InChI is InChI=1S/C24H23N5O3S/c1-17-7-9-19(10-8-17)32-16-22(31)28-13-11-27(12-14-28)20-15-21(30)29-24(25-20)33-23(26-29)18-5-3-2-4-6-18/h2-10,15H,11-14,16H2,1H3. The fraction of sp³-hybridized carbons (Fsp3) is 0.250. The van der Waals surface area contributed by atoms with Crippen molar-refractivity contribution in [3.63, 3.8) is 0 Å². The van der Waals surface area contributed by atoms with Gasteiger partial charge in [-0.3, -0.25) is 9.59 Å². The van der Waals surface area contributed by atoms with Crippen LogP contribution in [0.2, 0.25) is 0 Å². The Bertz CT molecular complexity index is 1330. The molecule has 0 saturated carbocycles. The Balaban J connectivity index is 1.24. The minimum absolute atomic E-state index is 0.0117. The number of aryl methyl sites for hydroxylation is 1. The maximum Gasteiger partial charge on any atom is 0.277 e. The number of nitrogens with zero attached hydrogens (tertiary/aromatic N) is 5. The molecule has 0 unspecified atom stereocenters. The van der Waals surface area contributed by atoms with Crippen LogP contribution in [0.3, 0.4) is 0 Å². The van der Waals surface area contributed by atoms with Crippen molar-refractivity contribution in [3.05, 3.63) is 76.6 Å². The molecular formula is C24H23N5O3S. The Kier molecular flexibility index (Phi) is 5.78. The molecule has 168 valence electrons. The fourth-order valence-corrected chi connectivity index (χ4v) is 4.62. The molecule has 0 N–H and O–H groups in total. The van der Waals surface area contributed by atoms with E-state index in [0.717, 1.165) is 16.1 Å². The summed E-state index contributed by atoms with van der Waals surface area (Å²) in [6.45, 7) is 4.32. The van der Waals surface area contributed by atoms with E-state index in [4.69, 9.17) is 4.74 Å². The number of hydrogen-bond donors (Lipinski definition) is 0. The third-order valence-electron chi connectivity index (χ3n) is 5.59. The van der Waals surface area contributed by atoms with Crippen LogP contribution in [0.25, 0.3) is 15.5 Å². The summed E-state index contributed by atoms with van der Waals surface area (Å²) < 4.78 is 6.97. The van der Waals surface area contributed by atoms with E-state index in [-0.39, 0.29) is 18.1 Å². The van der Waals surface area contributed by atoms with Gasteiger partial charge >= 0.3 is 0 Å². The SMILES string of the molecule is Cc1ccc(OCC(=O)N2CCN(c3cc(=O)n4nc(-c5ccccc5)sc4n3)CC2)cc1. The number of anilines is 1. The van der Waals surface area contributed by atoms with Gasteiger partial charge in [-0.05, 0) is 19.1 Å². The molecule has 0 bridgehead atoms. The van der Waals surface area contributed by atoms with E-state index in [9.17, 15) is 9.59 Å². The number of ether oxygens (including phenoxy) is 1. The number of benzene rings is 2. The molecule has 3 heterocycles. The second kappa shape index (κ2) is 9.03. The second-order valence-corrected chi connectivity index (χ2v) is 8.85. The highest BCUT2D eigenvalue weighted by molar-refractivity contribution is 7.19. The van der Waals surface area contributed by atoms with Gasteiger partial charge in [0.1, 0.15) is 16.6 Å². The van der Waals surface area contributed by atoms with Crippen molar-refractivity contribution < 1.29 is 9.53 Å². The molecule has 1 aliphatic rings. The molecule has 8 nitrogen and oxygen atoms in total. The molecule has 1 aliphatic heterocycles. The average Bonchev–Trinajstić information content (AvgIpc) is 3.29.